The van der Waals surface area contributed by atoms with Crippen LogP contribution in [-0.2, 0) is 0 Å². The maximum absolute atomic E-state index is 5.67. The molecule has 17 heteroatoms. The Balaban J connectivity index is 0.000000673. The van der Waals surface area contributed by atoms with E-state index in [1.54, 1.807) is 32.8 Å². The summed E-state index contributed by atoms with van der Waals surface area (Å²) >= 11 is 0. The van der Waals surface area contributed by atoms with Gasteiger partial charge in [-0.15, -0.1) is 0 Å². The fourth-order valence-corrected chi connectivity index (χ4v) is 10.7. The molecule has 0 fully saturated rings. The van der Waals surface area contributed by atoms with Crippen molar-refractivity contribution in [2.75, 3.05) is 14.2 Å². The van der Waals surface area contributed by atoms with E-state index in [0.717, 1.165) is 79.8 Å². The Morgan fingerprint density at radius 3 is 1.26 bits per heavy atom. The third-order valence-electron chi connectivity index (χ3n) is 17.7. The molecular weight excluding hydrogens is 1500 g/mol. The lowest BCUT2D eigenvalue weighted by Crippen LogP contribution is -2.23. The van der Waals surface area contributed by atoms with E-state index in [1.807, 2.05) is 186 Å². The average Bonchev–Trinajstić information content (AvgIpc) is 1.67. The van der Waals surface area contributed by atoms with Crippen molar-refractivity contribution in [2.24, 2.45) is 0 Å². The molecule has 0 radical (unpaired) electrons. The van der Waals surface area contributed by atoms with Crippen LogP contribution in [0.4, 0.5) is 0 Å². The van der Waals surface area contributed by atoms with E-state index in [9.17, 15) is 0 Å². The number of fused-ring (bicyclic) bond motifs is 1. The van der Waals surface area contributed by atoms with Gasteiger partial charge >= 0.3 is 0 Å². The van der Waals surface area contributed by atoms with Gasteiger partial charge in [-0.1, -0.05) is 188 Å². The van der Waals surface area contributed by atoms with Crippen molar-refractivity contribution in [3.8, 4) is 34.8 Å². The molecule has 17 nitrogen and oxygen atoms in total. The molecule has 0 N–H and O–H groups in total. The Morgan fingerprint density at radius 1 is 0.331 bits per heavy atom. The third kappa shape index (κ3) is 44.3. The molecule has 10 aromatic heterocycles. The molecule has 1 aromatic carbocycles. The molecule has 11 rings (SSSR count). The first kappa shape index (κ1) is 109. The molecule has 11 aromatic rings. The van der Waals surface area contributed by atoms with Crippen molar-refractivity contribution in [3.63, 3.8) is 0 Å². The van der Waals surface area contributed by atoms with Crippen LogP contribution in [0.2, 0.25) is 0 Å². The summed E-state index contributed by atoms with van der Waals surface area (Å²) in [7, 11) is 3.30. The summed E-state index contributed by atoms with van der Waals surface area (Å²) in [5.74, 6) is 10.6. The Labute approximate surface area is 732 Å². The van der Waals surface area contributed by atoms with Crippen LogP contribution in [0.25, 0.3) is 11.1 Å². The van der Waals surface area contributed by atoms with Crippen LogP contribution in [0.1, 0.15) is 358 Å². The number of hydrogen-bond donors (Lipinski definition) is 0. The van der Waals surface area contributed by atoms with E-state index in [1.165, 1.54) is 44.9 Å². The number of pyridine rings is 9. The molecule has 121 heavy (non-hydrogen) atoms. The lowest BCUT2D eigenvalue weighted by atomic mass is 10.0. The average molecular weight is 1660 g/mol. The molecule has 664 valence electrons. The molecular formula is C104H156N10O7. The molecule has 0 saturated carbocycles. The quantitative estimate of drug-likeness (QED) is 0.0740. The van der Waals surface area contributed by atoms with Gasteiger partial charge in [-0.05, 0) is 257 Å². The summed E-state index contributed by atoms with van der Waals surface area (Å²) in [6.07, 6.45) is 11.6. The highest BCUT2D eigenvalue weighted by molar-refractivity contribution is 5.76. The van der Waals surface area contributed by atoms with Crippen molar-refractivity contribution in [1.29, 1.82) is 0 Å². The minimum absolute atomic E-state index is 0. The van der Waals surface area contributed by atoms with E-state index in [4.69, 9.17) is 32.8 Å². The number of aromatic nitrogens is 10. The monoisotopic (exact) mass is 1660 g/mol. The number of nitrogens with zero attached hydrogens (tertiary/aromatic N) is 10. The molecule has 0 unspecified atom stereocenters. The van der Waals surface area contributed by atoms with Crippen LogP contribution in [-0.4, -0.2) is 88.0 Å². The number of benzene rings is 1. The van der Waals surface area contributed by atoms with Gasteiger partial charge in [0.2, 0.25) is 11.8 Å². The zero-order chi connectivity index (χ0) is 90.7. The fraction of sp³-hybridized carbons (Fsp3) is 0.500. The number of rotatable bonds is 19. The van der Waals surface area contributed by atoms with E-state index < -0.39 is 0 Å². The molecule has 0 aliphatic heterocycles. The van der Waals surface area contributed by atoms with Crippen molar-refractivity contribution in [2.45, 2.75) is 333 Å². The topological polar surface area (TPSA) is 197 Å². The Morgan fingerprint density at radius 2 is 0.835 bits per heavy atom. The van der Waals surface area contributed by atoms with Gasteiger partial charge in [-0.25, -0.2) is 15.0 Å². The van der Waals surface area contributed by atoms with Gasteiger partial charge in [0, 0.05) is 101 Å². The van der Waals surface area contributed by atoms with Crippen LogP contribution in [0, 0.1) is 41.5 Å². The maximum atomic E-state index is 5.67. The first-order valence-electron chi connectivity index (χ1n) is 42.9. The van der Waals surface area contributed by atoms with Gasteiger partial charge in [0.25, 0.3) is 0 Å². The second-order valence-corrected chi connectivity index (χ2v) is 34.6. The van der Waals surface area contributed by atoms with Crippen LogP contribution >= 0.6 is 0 Å². The predicted octanol–water partition coefficient (Wildman–Crippen LogP) is 28.8. The number of hydrogen-bond acceptors (Lipinski definition) is 17. The summed E-state index contributed by atoms with van der Waals surface area (Å²) in [4.78, 5) is 43.2. The van der Waals surface area contributed by atoms with Gasteiger partial charge < -0.3 is 32.8 Å². The van der Waals surface area contributed by atoms with E-state index in [2.05, 4.69) is 258 Å². The summed E-state index contributed by atoms with van der Waals surface area (Å²) in [5, 5.41) is 0. The van der Waals surface area contributed by atoms with Crippen LogP contribution in [0.5, 0.6) is 34.8 Å². The first-order valence-corrected chi connectivity index (χ1v) is 42.9. The van der Waals surface area contributed by atoms with Crippen molar-refractivity contribution >= 4 is 11.1 Å². The fourth-order valence-electron chi connectivity index (χ4n) is 10.7. The lowest BCUT2D eigenvalue weighted by molar-refractivity contribution is 0.130. The number of methoxy groups -OCH3 is 2. The van der Waals surface area contributed by atoms with Gasteiger partial charge in [-0.3, -0.25) is 34.9 Å². The highest BCUT2D eigenvalue weighted by Gasteiger charge is 2.15. The molecule has 0 amide bonds. The molecule has 0 spiro atoms. The van der Waals surface area contributed by atoms with Crippen molar-refractivity contribution < 1.29 is 32.8 Å². The molecule has 10 heterocycles. The van der Waals surface area contributed by atoms with Gasteiger partial charge in [0.1, 0.15) is 34.1 Å². The summed E-state index contributed by atoms with van der Waals surface area (Å²) in [6.45, 7) is 73.2. The SMILES string of the molecule is C.CC(C)Oc1ccc(C(C)C)cn1.CC(C)Oc1ccc(C(C)C)nc1.CC(C)c1ccc(OC(C)(C)C)cn1.COc1cccc(C(C)C)n1.COc1ccnc(C(C)C)c1.Cc1ccc(C(C)C)nc1.Cc1ccc(C(C)C)nc1C.Cc1cccnc1C(C)C.Cc1nc(C(C)C)ccc1OC(C)C.Cc1nc2cccc(C(C)C)c2o1. The highest BCUT2D eigenvalue weighted by atomic mass is 16.5. The van der Waals surface area contributed by atoms with Crippen molar-refractivity contribution in [3.05, 3.63) is 261 Å². The maximum Gasteiger partial charge on any atom is 0.213 e. The molecule has 0 aliphatic rings. The Hall–Kier alpha value is -10.2. The summed E-state index contributed by atoms with van der Waals surface area (Å²) in [5.41, 5.74) is 19.2. The van der Waals surface area contributed by atoms with E-state index in [0.29, 0.717) is 70.9 Å². The highest BCUT2D eigenvalue weighted by Crippen LogP contribution is 2.28. The first-order chi connectivity index (χ1) is 56.2. The normalized spacial score (nSPS) is 10.8. The minimum atomic E-state index is -0.152. The standard InChI is InChI=1S/2C12H19NO.C11H13NO.2C11H17NO.C10H15N.2C9H13NO.2C9H13N.CH4/c1-9(2)11-7-6-10(8-13-11)14-12(3,4)5;1-8(2)11-6-7-12(10(5)13-11)14-9(3)4;1-7(2)9-5-4-6-10-11(9)13-8(3)12-10;1-8(2)11-6-5-10(7-12-11)13-9(3)4;1-8(2)10-5-6-11(12-7-10)13-9(3)4;1-7(2)10-6-5-8(3)9(4)11-10;1-7(2)9-6-8(11-3)4-5-10-9;1-7(2)8-5-4-6-9(10-8)11-3;1-7(2)9-5-4-8(3)6-10-9;1-7(2)9-8(3)5-4-6-10-9;/h2*6-9H,1-5H3;4-7H,1-3H3;2*5-9H,1-4H3;5-7H,1-4H3;2*4-7H,1-3H3;2*4-7H,1-3H3;1H4. The number of para-hydroxylation sites is 1. The smallest absolute Gasteiger partial charge is 0.213 e. The number of aryl methyl sites for hydroxylation is 6. The van der Waals surface area contributed by atoms with Crippen LogP contribution in [0.15, 0.2) is 175 Å². The lowest BCUT2D eigenvalue weighted by Gasteiger charge is -2.21. The largest absolute Gasteiger partial charge is 0.497 e. The van der Waals surface area contributed by atoms with E-state index >= 15 is 0 Å². The zero-order valence-corrected chi connectivity index (χ0v) is 80.5. The van der Waals surface area contributed by atoms with Crippen LogP contribution < -0.4 is 28.4 Å². The summed E-state index contributed by atoms with van der Waals surface area (Å²) in [6, 6.07) is 44.3. The van der Waals surface area contributed by atoms with Crippen molar-refractivity contribution in [1.82, 2.24) is 49.8 Å². The van der Waals surface area contributed by atoms with Crippen LogP contribution in [0.3, 0.4) is 0 Å². The van der Waals surface area contributed by atoms with Gasteiger partial charge in [0.05, 0.1) is 50.6 Å². The molecule has 0 bridgehead atoms. The second-order valence-electron chi connectivity index (χ2n) is 34.6. The number of ether oxygens (including phenoxy) is 6. The third-order valence-corrected chi connectivity index (χ3v) is 17.7. The second kappa shape index (κ2) is 56.4. The minimum Gasteiger partial charge on any atom is -0.497 e. The molecule has 0 aliphatic carbocycles. The molecule has 0 atom stereocenters. The van der Waals surface area contributed by atoms with E-state index in [-0.39, 0.29) is 31.3 Å². The number of oxazole rings is 1. The summed E-state index contributed by atoms with van der Waals surface area (Å²) < 4.78 is 37.8. The van der Waals surface area contributed by atoms with Gasteiger partial charge in [0.15, 0.2) is 11.5 Å². The predicted molar refractivity (Wildman–Crippen MR) is 509 cm³/mol. The molecule has 0 saturated heterocycles. The Kier molecular flexibility index (Phi) is 50.8. The zero-order valence-electron chi connectivity index (χ0n) is 80.5. The Bertz CT molecular complexity index is 4470. The van der Waals surface area contributed by atoms with Gasteiger partial charge in [-0.2, -0.15) is 0 Å².